The average Bonchev–Trinajstić information content (AvgIpc) is 3.17. The number of carbonyl (C=O) groups excluding carboxylic acids is 1. The van der Waals surface area contributed by atoms with E-state index < -0.39 is 12.0 Å². The van der Waals surface area contributed by atoms with Gasteiger partial charge in [0.2, 0.25) is 5.88 Å². The number of pyridine rings is 1. The largest absolute Gasteiger partial charge is 0.465 e. The van der Waals surface area contributed by atoms with Crippen LogP contribution in [0, 0.1) is 0 Å². The predicted molar refractivity (Wildman–Crippen MR) is 111 cm³/mol. The first-order valence-electron chi connectivity index (χ1n) is 9.48. The first-order valence-corrected chi connectivity index (χ1v) is 9.86. The Bertz CT molecular complexity index is 1150. The van der Waals surface area contributed by atoms with E-state index in [4.69, 9.17) is 21.1 Å². The molecule has 1 fully saturated rings. The van der Waals surface area contributed by atoms with Crippen LogP contribution in [-0.2, 0) is 0 Å². The lowest BCUT2D eigenvalue weighted by Gasteiger charge is -2.31. The summed E-state index contributed by atoms with van der Waals surface area (Å²) in [7, 11) is 1.36. The van der Waals surface area contributed by atoms with E-state index in [0.29, 0.717) is 27.8 Å². The van der Waals surface area contributed by atoms with Crippen LogP contribution in [0.2, 0.25) is 5.02 Å². The van der Waals surface area contributed by atoms with Crippen LogP contribution in [0.4, 0.5) is 19.5 Å². The second kappa shape index (κ2) is 7.81. The Morgan fingerprint density at radius 1 is 1.23 bits per heavy atom. The molecule has 1 aliphatic heterocycles. The number of hydrogen-bond donors (Lipinski definition) is 1. The number of alkyl halides is 2. The van der Waals surface area contributed by atoms with Crippen LogP contribution in [0.3, 0.4) is 0 Å². The van der Waals surface area contributed by atoms with Gasteiger partial charge in [0.1, 0.15) is 0 Å². The van der Waals surface area contributed by atoms with Crippen molar-refractivity contribution in [3.8, 4) is 11.3 Å². The van der Waals surface area contributed by atoms with Crippen LogP contribution in [0.5, 0.6) is 0 Å². The molecule has 3 aromatic rings. The van der Waals surface area contributed by atoms with Gasteiger partial charge in [-0.15, -0.1) is 0 Å². The first kappa shape index (κ1) is 21.0. The van der Waals surface area contributed by atoms with E-state index in [2.05, 4.69) is 4.98 Å². The number of rotatable bonds is 3. The molecule has 0 aliphatic carbocycles. The lowest BCUT2D eigenvalue weighted by atomic mass is 10.1. The van der Waals surface area contributed by atoms with E-state index in [-0.39, 0.29) is 42.7 Å². The number of piperidine rings is 1. The van der Waals surface area contributed by atoms with E-state index >= 15 is 0 Å². The number of carbonyl (C=O) groups is 2. The summed E-state index contributed by atoms with van der Waals surface area (Å²) in [5, 5.41) is 9.99. The van der Waals surface area contributed by atoms with Crippen LogP contribution in [-0.4, -0.2) is 53.1 Å². The molecule has 2 amide bonds. The van der Waals surface area contributed by atoms with Gasteiger partial charge in [0.15, 0.2) is 5.58 Å². The lowest BCUT2D eigenvalue weighted by Crippen LogP contribution is -2.42. The fourth-order valence-corrected chi connectivity index (χ4v) is 3.68. The van der Waals surface area contributed by atoms with Gasteiger partial charge in [-0.1, -0.05) is 11.6 Å². The smallest absolute Gasteiger partial charge is 0.413 e. The Labute approximate surface area is 180 Å². The molecular formula is C21H18ClF2N3O4. The second-order valence-corrected chi connectivity index (χ2v) is 7.79. The number of aromatic nitrogens is 1. The normalized spacial score (nSPS) is 15.8. The van der Waals surface area contributed by atoms with Gasteiger partial charge in [-0.3, -0.25) is 14.7 Å². The zero-order chi connectivity index (χ0) is 22.3. The zero-order valence-corrected chi connectivity index (χ0v) is 17.2. The van der Waals surface area contributed by atoms with Gasteiger partial charge in [0, 0.05) is 56.2 Å². The standard InChI is InChI=1S/C21H18ClF2N3O4/c1-26(20(29)30)17-10-14-8-13(9-15(22)18(14)31-17)16-3-2-12(11-25-16)19(28)27-6-4-21(23,24)5-7-27/h2-3,8-11H,4-7H2,1H3,(H,29,30). The molecule has 3 heterocycles. The first-order chi connectivity index (χ1) is 14.6. The summed E-state index contributed by atoms with van der Waals surface area (Å²) >= 11 is 6.31. The molecule has 0 bridgehead atoms. The van der Waals surface area contributed by atoms with Crippen molar-refractivity contribution in [2.45, 2.75) is 18.8 Å². The number of carboxylic acid groups (broad SMARTS) is 1. The maximum atomic E-state index is 13.3. The number of likely N-dealkylation sites (tertiary alicyclic amines) is 1. The summed E-state index contributed by atoms with van der Waals surface area (Å²) in [6, 6.07) is 8.18. The SMILES string of the molecule is CN(C(=O)O)c1cc2cc(-c3ccc(C(=O)N4CCC(F)(F)CC4)cn3)cc(Cl)c2o1. The molecule has 4 rings (SSSR count). The number of anilines is 1. The lowest BCUT2D eigenvalue weighted by molar-refractivity contribution is -0.0494. The maximum absolute atomic E-state index is 13.3. The third kappa shape index (κ3) is 4.18. The van der Waals surface area contributed by atoms with Crippen molar-refractivity contribution in [3.05, 3.63) is 47.1 Å². The van der Waals surface area contributed by atoms with Gasteiger partial charge in [0.05, 0.1) is 16.3 Å². The number of furan rings is 1. The number of amides is 2. The summed E-state index contributed by atoms with van der Waals surface area (Å²) in [5.74, 6) is -2.93. The van der Waals surface area contributed by atoms with Crippen LogP contribution in [0.1, 0.15) is 23.2 Å². The summed E-state index contributed by atoms with van der Waals surface area (Å²) in [5.41, 5.74) is 1.86. The highest BCUT2D eigenvalue weighted by atomic mass is 35.5. The number of nitrogens with zero attached hydrogens (tertiary/aromatic N) is 3. The Kier molecular flexibility index (Phi) is 5.30. The molecule has 162 valence electrons. The van der Waals surface area contributed by atoms with Crippen LogP contribution < -0.4 is 4.90 Å². The van der Waals surface area contributed by atoms with Crippen molar-refractivity contribution >= 4 is 40.5 Å². The van der Waals surface area contributed by atoms with E-state index in [1.807, 2.05) is 0 Å². The molecule has 0 radical (unpaired) electrons. The van der Waals surface area contributed by atoms with Crippen molar-refractivity contribution in [1.82, 2.24) is 9.88 Å². The molecule has 0 atom stereocenters. The minimum atomic E-state index is -2.72. The molecule has 31 heavy (non-hydrogen) atoms. The zero-order valence-electron chi connectivity index (χ0n) is 16.4. The van der Waals surface area contributed by atoms with Gasteiger partial charge >= 0.3 is 6.09 Å². The Morgan fingerprint density at radius 3 is 2.55 bits per heavy atom. The van der Waals surface area contributed by atoms with Crippen molar-refractivity contribution in [1.29, 1.82) is 0 Å². The Balaban J connectivity index is 1.57. The molecular weight excluding hydrogens is 432 g/mol. The fourth-order valence-electron chi connectivity index (χ4n) is 3.41. The predicted octanol–water partition coefficient (Wildman–Crippen LogP) is 5.13. The van der Waals surface area contributed by atoms with Crippen molar-refractivity contribution < 1.29 is 27.9 Å². The molecule has 1 aromatic carbocycles. The van der Waals surface area contributed by atoms with Crippen molar-refractivity contribution in [2.75, 3.05) is 25.0 Å². The monoisotopic (exact) mass is 449 g/mol. The van der Waals surface area contributed by atoms with Crippen LogP contribution in [0.25, 0.3) is 22.2 Å². The third-order valence-electron chi connectivity index (χ3n) is 5.26. The Morgan fingerprint density at radius 2 is 1.94 bits per heavy atom. The number of halogens is 3. The molecule has 7 nitrogen and oxygen atoms in total. The average molecular weight is 450 g/mol. The fraction of sp³-hybridized carbons (Fsp3) is 0.286. The minimum Gasteiger partial charge on any atom is -0.465 e. The third-order valence-corrected chi connectivity index (χ3v) is 5.54. The maximum Gasteiger partial charge on any atom is 0.413 e. The summed E-state index contributed by atoms with van der Waals surface area (Å²) in [6.07, 6.45) is -0.449. The van der Waals surface area contributed by atoms with Gasteiger partial charge < -0.3 is 14.4 Å². The molecule has 1 N–H and O–H groups in total. The topological polar surface area (TPSA) is 86.9 Å². The molecule has 0 saturated carbocycles. The summed E-state index contributed by atoms with van der Waals surface area (Å²) in [4.78, 5) is 30.4. The van der Waals surface area contributed by atoms with E-state index in [1.165, 1.54) is 18.1 Å². The minimum absolute atomic E-state index is 0.00741. The summed E-state index contributed by atoms with van der Waals surface area (Å²) < 4.78 is 32.2. The van der Waals surface area contributed by atoms with E-state index in [1.54, 1.807) is 30.3 Å². The molecule has 1 aliphatic rings. The van der Waals surface area contributed by atoms with Crippen molar-refractivity contribution in [3.63, 3.8) is 0 Å². The van der Waals surface area contributed by atoms with E-state index in [0.717, 1.165) is 4.90 Å². The Hall–Kier alpha value is -3.20. The molecule has 2 aromatic heterocycles. The highest BCUT2D eigenvalue weighted by molar-refractivity contribution is 6.35. The second-order valence-electron chi connectivity index (χ2n) is 7.38. The molecule has 0 spiro atoms. The number of hydrogen-bond acceptors (Lipinski definition) is 4. The van der Waals surface area contributed by atoms with Gasteiger partial charge in [-0.05, 0) is 24.3 Å². The molecule has 10 heteroatoms. The summed E-state index contributed by atoms with van der Waals surface area (Å²) in [6.45, 7) is 0.0148. The van der Waals surface area contributed by atoms with E-state index in [9.17, 15) is 18.4 Å². The van der Waals surface area contributed by atoms with Gasteiger partial charge in [0.25, 0.3) is 11.8 Å². The quantitative estimate of drug-likeness (QED) is 0.598. The molecule has 1 saturated heterocycles. The molecule has 0 unspecified atom stereocenters. The highest BCUT2D eigenvalue weighted by Gasteiger charge is 2.35. The number of benzene rings is 1. The van der Waals surface area contributed by atoms with Crippen molar-refractivity contribution in [2.24, 2.45) is 0 Å². The van der Waals surface area contributed by atoms with Gasteiger partial charge in [-0.25, -0.2) is 13.6 Å². The number of fused-ring (bicyclic) bond motifs is 1. The van der Waals surface area contributed by atoms with Crippen LogP contribution in [0.15, 0.2) is 40.9 Å². The van der Waals surface area contributed by atoms with Crippen LogP contribution >= 0.6 is 11.6 Å². The van der Waals surface area contributed by atoms with Gasteiger partial charge in [-0.2, -0.15) is 0 Å². The highest BCUT2D eigenvalue weighted by Crippen LogP contribution is 2.35.